The van der Waals surface area contributed by atoms with Gasteiger partial charge in [0.05, 0.1) is 0 Å². The van der Waals surface area contributed by atoms with Crippen molar-refractivity contribution in [3.05, 3.63) is 54.0 Å². The number of rotatable bonds is 3. The van der Waals surface area contributed by atoms with Crippen LogP contribution in [0.4, 0.5) is 5.82 Å². The summed E-state index contributed by atoms with van der Waals surface area (Å²) < 4.78 is 0. The second-order valence-electron chi connectivity index (χ2n) is 7.77. The molecule has 26 heavy (non-hydrogen) atoms. The predicted molar refractivity (Wildman–Crippen MR) is 102 cm³/mol. The Balaban J connectivity index is 1.52. The van der Waals surface area contributed by atoms with E-state index in [1.165, 1.54) is 12.0 Å². The van der Waals surface area contributed by atoms with Crippen molar-refractivity contribution in [2.75, 3.05) is 24.5 Å². The van der Waals surface area contributed by atoms with Crippen LogP contribution < -0.4 is 4.90 Å². The first kappa shape index (κ1) is 17.0. The summed E-state index contributed by atoms with van der Waals surface area (Å²) in [6.45, 7) is 5.70. The maximum Gasteiger partial charge on any atom is 0.222 e. The van der Waals surface area contributed by atoms with Gasteiger partial charge in [-0.3, -0.25) is 9.78 Å². The number of carbonyl (C=O) groups is 1. The molecule has 2 aromatic heterocycles. The molecular weight excluding hydrogens is 324 g/mol. The zero-order chi connectivity index (χ0) is 18.0. The van der Waals surface area contributed by atoms with E-state index in [-0.39, 0.29) is 11.3 Å². The highest BCUT2D eigenvalue weighted by Gasteiger charge is 2.42. The molecular formula is C21H26N4O. The molecule has 2 fully saturated rings. The van der Waals surface area contributed by atoms with Crippen molar-refractivity contribution in [2.45, 2.75) is 39.2 Å². The van der Waals surface area contributed by atoms with Gasteiger partial charge >= 0.3 is 0 Å². The van der Waals surface area contributed by atoms with Crippen molar-refractivity contribution in [3.8, 4) is 0 Å². The number of aromatic nitrogens is 2. The van der Waals surface area contributed by atoms with Gasteiger partial charge in [0.2, 0.25) is 5.91 Å². The summed E-state index contributed by atoms with van der Waals surface area (Å²) in [5, 5.41) is 0. The number of carbonyl (C=O) groups excluding carboxylic acids is 1. The molecule has 0 saturated carbocycles. The Hall–Kier alpha value is -2.43. The van der Waals surface area contributed by atoms with Gasteiger partial charge in [-0.25, -0.2) is 4.98 Å². The molecule has 2 aromatic rings. The van der Waals surface area contributed by atoms with Gasteiger partial charge in [0.15, 0.2) is 0 Å². The zero-order valence-corrected chi connectivity index (χ0v) is 15.4. The van der Waals surface area contributed by atoms with Crippen molar-refractivity contribution in [1.82, 2.24) is 14.9 Å². The summed E-state index contributed by atoms with van der Waals surface area (Å²) in [5.41, 5.74) is 2.56. The first-order valence-corrected chi connectivity index (χ1v) is 9.49. The molecule has 1 amide bonds. The maximum absolute atomic E-state index is 12.5. The third kappa shape index (κ3) is 3.43. The number of anilines is 1. The number of nitrogens with zero attached hydrogens (tertiary/aromatic N) is 4. The number of amides is 1. The SMILES string of the molecule is Cc1cccnc1N1CCC[C@]2(CCC(=O)N(Cc3ccncc3)C2)C1. The lowest BCUT2D eigenvalue weighted by Crippen LogP contribution is -2.54. The highest BCUT2D eigenvalue weighted by Crippen LogP contribution is 2.40. The van der Waals surface area contributed by atoms with E-state index in [0.717, 1.165) is 43.9 Å². The average molecular weight is 350 g/mol. The van der Waals surface area contributed by atoms with Gasteiger partial charge in [-0.2, -0.15) is 0 Å². The minimum Gasteiger partial charge on any atom is -0.356 e. The fourth-order valence-corrected chi connectivity index (χ4v) is 4.49. The van der Waals surface area contributed by atoms with E-state index in [4.69, 9.17) is 0 Å². The molecule has 1 atom stereocenters. The summed E-state index contributed by atoms with van der Waals surface area (Å²) in [6, 6.07) is 8.12. The molecule has 0 bridgehead atoms. The van der Waals surface area contributed by atoms with Crippen molar-refractivity contribution < 1.29 is 4.79 Å². The second-order valence-corrected chi connectivity index (χ2v) is 7.77. The highest BCUT2D eigenvalue weighted by atomic mass is 16.2. The molecule has 0 unspecified atom stereocenters. The van der Waals surface area contributed by atoms with Crippen molar-refractivity contribution in [3.63, 3.8) is 0 Å². The van der Waals surface area contributed by atoms with Crippen LogP contribution in [0.5, 0.6) is 0 Å². The fourth-order valence-electron chi connectivity index (χ4n) is 4.49. The van der Waals surface area contributed by atoms with Crippen molar-refractivity contribution in [2.24, 2.45) is 5.41 Å². The van der Waals surface area contributed by atoms with Crippen LogP contribution in [0.1, 0.15) is 36.8 Å². The monoisotopic (exact) mass is 350 g/mol. The number of hydrogen-bond acceptors (Lipinski definition) is 4. The Bertz CT molecular complexity index is 779. The Kier molecular flexibility index (Phi) is 4.62. The van der Waals surface area contributed by atoms with Gasteiger partial charge in [-0.1, -0.05) is 6.07 Å². The van der Waals surface area contributed by atoms with E-state index >= 15 is 0 Å². The Morgan fingerprint density at radius 2 is 1.96 bits per heavy atom. The second kappa shape index (κ2) is 7.06. The van der Waals surface area contributed by atoms with Crippen LogP contribution in [0.15, 0.2) is 42.9 Å². The summed E-state index contributed by atoms with van der Waals surface area (Å²) in [4.78, 5) is 25.7. The number of hydrogen-bond donors (Lipinski definition) is 0. The van der Waals surface area contributed by atoms with Crippen LogP contribution in [0.3, 0.4) is 0 Å². The smallest absolute Gasteiger partial charge is 0.222 e. The molecule has 0 aromatic carbocycles. The van der Waals surface area contributed by atoms with E-state index < -0.39 is 0 Å². The molecule has 0 aliphatic carbocycles. The Labute approximate surface area is 155 Å². The largest absolute Gasteiger partial charge is 0.356 e. The summed E-state index contributed by atoms with van der Waals surface area (Å²) >= 11 is 0. The number of aryl methyl sites for hydroxylation is 1. The molecule has 1 spiro atoms. The van der Waals surface area contributed by atoms with Crippen molar-refractivity contribution >= 4 is 11.7 Å². The molecule has 0 radical (unpaired) electrons. The molecule has 2 aliphatic heterocycles. The van der Waals surface area contributed by atoms with Gasteiger partial charge in [-0.15, -0.1) is 0 Å². The van der Waals surface area contributed by atoms with E-state index in [1.54, 1.807) is 12.4 Å². The van der Waals surface area contributed by atoms with E-state index in [9.17, 15) is 4.79 Å². The van der Waals surface area contributed by atoms with E-state index in [0.29, 0.717) is 13.0 Å². The van der Waals surface area contributed by atoms with Gasteiger partial charge in [-0.05, 0) is 55.5 Å². The van der Waals surface area contributed by atoms with Crippen molar-refractivity contribution in [1.29, 1.82) is 0 Å². The quantitative estimate of drug-likeness (QED) is 0.853. The zero-order valence-electron chi connectivity index (χ0n) is 15.4. The van der Waals surface area contributed by atoms with Crippen LogP contribution >= 0.6 is 0 Å². The topological polar surface area (TPSA) is 49.3 Å². The van der Waals surface area contributed by atoms with Crippen LogP contribution in [0.25, 0.3) is 0 Å². The normalized spacial score (nSPS) is 23.5. The molecule has 2 aliphatic rings. The molecule has 136 valence electrons. The number of likely N-dealkylation sites (tertiary alicyclic amines) is 1. The molecule has 0 N–H and O–H groups in total. The van der Waals surface area contributed by atoms with Gasteiger partial charge in [0.25, 0.3) is 0 Å². The first-order chi connectivity index (χ1) is 12.7. The van der Waals surface area contributed by atoms with E-state index in [1.807, 2.05) is 29.3 Å². The predicted octanol–water partition coefficient (Wildman–Crippen LogP) is 3.19. The van der Waals surface area contributed by atoms with Gasteiger partial charge in [0.1, 0.15) is 5.82 Å². The average Bonchev–Trinajstić information content (AvgIpc) is 2.66. The standard InChI is InChI=1S/C21H26N4O/c1-17-4-2-10-23-20(17)24-13-3-8-21(15-24)9-5-19(26)25(16-21)14-18-6-11-22-12-7-18/h2,4,6-7,10-12H,3,5,8-9,13-16H2,1H3/t21-/m0/s1. The number of pyridine rings is 2. The molecule has 5 heteroatoms. The Morgan fingerprint density at radius 1 is 1.12 bits per heavy atom. The molecule has 4 rings (SSSR count). The molecule has 2 saturated heterocycles. The first-order valence-electron chi connectivity index (χ1n) is 9.49. The molecule has 4 heterocycles. The summed E-state index contributed by atoms with van der Waals surface area (Å²) in [5.74, 6) is 1.38. The summed E-state index contributed by atoms with van der Waals surface area (Å²) in [7, 11) is 0. The minimum absolute atomic E-state index is 0.184. The van der Waals surface area contributed by atoms with Gasteiger partial charge < -0.3 is 9.80 Å². The van der Waals surface area contributed by atoms with Crippen LogP contribution in [0, 0.1) is 12.3 Å². The minimum atomic E-state index is 0.184. The highest BCUT2D eigenvalue weighted by molar-refractivity contribution is 5.77. The lowest BCUT2D eigenvalue weighted by atomic mass is 9.73. The van der Waals surface area contributed by atoms with Crippen LogP contribution in [-0.2, 0) is 11.3 Å². The maximum atomic E-state index is 12.5. The summed E-state index contributed by atoms with van der Waals surface area (Å²) in [6.07, 6.45) is 9.46. The van der Waals surface area contributed by atoms with E-state index in [2.05, 4.69) is 27.9 Å². The van der Waals surface area contributed by atoms with Crippen LogP contribution in [0.2, 0.25) is 0 Å². The van der Waals surface area contributed by atoms with Gasteiger partial charge in [0, 0.05) is 56.6 Å². The lowest BCUT2D eigenvalue weighted by molar-refractivity contribution is -0.138. The molecule has 5 nitrogen and oxygen atoms in total. The number of piperidine rings is 2. The van der Waals surface area contributed by atoms with Crippen LogP contribution in [-0.4, -0.2) is 40.4 Å². The third-order valence-corrected chi connectivity index (χ3v) is 5.81. The fraction of sp³-hybridized carbons (Fsp3) is 0.476. The third-order valence-electron chi connectivity index (χ3n) is 5.81. The lowest BCUT2D eigenvalue weighted by Gasteiger charge is -2.48. The Morgan fingerprint density at radius 3 is 2.77 bits per heavy atom.